The number of hydrogen-bond donors (Lipinski definition) is 2. The van der Waals surface area contributed by atoms with Crippen molar-refractivity contribution in [1.29, 1.82) is 0 Å². The highest BCUT2D eigenvalue weighted by atomic mass is 16.5. The van der Waals surface area contributed by atoms with Crippen LogP contribution in [0.4, 0.5) is 5.69 Å². The molecule has 1 amide bonds. The molecule has 6 heteroatoms. The van der Waals surface area contributed by atoms with Crippen LogP contribution < -0.4 is 15.8 Å². The van der Waals surface area contributed by atoms with Gasteiger partial charge in [-0.05, 0) is 6.07 Å². The van der Waals surface area contributed by atoms with Gasteiger partial charge in [0.05, 0.1) is 12.4 Å². The maximum absolute atomic E-state index is 11.4. The predicted molar refractivity (Wildman–Crippen MR) is 65.3 cm³/mol. The Morgan fingerprint density at radius 3 is 3.00 bits per heavy atom. The first kappa shape index (κ1) is 10.8. The van der Waals surface area contributed by atoms with Crippen molar-refractivity contribution in [3.63, 3.8) is 0 Å². The number of aryl methyl sites for hydroxylation is 1. The summed E-state index contributed by atoms with van der Waals surface area (Å²) >= 11 is 0. The van der Waals surface area contributed by atoms with Gasteiger partial charge in [0.15, 0.2) is 5.75 Å². The van der Waals surface area contributed by atoms with E-state index in [1.807, 2.05) is 7.05 Å². The summed E-state index contributed by atoms with van der Waals surface area (Å²) in [5, 5.41) is 6.73. The van der Waals surface area contributed by atoms with Gasteiger partial charge in [0.1, 0.15) is 11.8 Å². The van der Waals surface area contributed by atoms with Crippen molar-refractivity contribution in [2.75, 3.05) is 5.32 Å². The molecule has 1 aliphatic heterocycles. The highest BCUT2D eigenvalue weighted by molar-refractivity contribution is 6.02. The zero-order chi connectivity index (χ0) is 12.7. The number of ether oxygens (including phenoxy) is 1. The molecule has 92 valence electrons. The summed E-state index contributed by atoms with van der Waals surface area (Å²) in [7, 11) is 1.81. The minimum Gasteiger partial charge on any atom is -0.454 e. The number of nitrogens with two attached hydrogens (primary N) is 1. The summed E-state index contributed by atoms with van der Waals surface area (Å²) in [6, 6.07) is 4.75. The molecule has 1 aromatic heterocycles. The van der Waals surface area contributed by atoms with E-state index in [4.69, 9.17) is 10.5 Å². The maximum atomic E-state index is 11.4. The van der Waals surface area contributed by atoms with Gasteiger partial charge in [-0.2, -0.15) is 5.10 Å². The molecule has 0 aliphatic carbocycles. The molecular weight excluding hydrogens is 232 g/mol. The first-order chi connectivity index (χ1) is 8.63. The van der Waals surface area contributed by atoms with E-state index in [1.165, 1.54) is 0 Å². The number of hydrogen-bond acceptors (Lipinski definition) is 4. The number of carbonyl (C=O) groups is 1. The summed E-state index contributed by atoms with van der Waals surface area (Å²) in [4.78, 5) is 11.4. The van der Waals surface area contributed by atoms with Crippen molar-refractivity contribution in [3.05, 3.63) is 36.2 Å². The number of aromatic nitrogens is 2. The van der Waals surface area contributed by atoms with Gasteiger partial charge in [-0.1, -0.05) is 6.07 Å². The molecule has 0 fully saturated rings. The molecular formula is C12H12N4O2. The van der Waals surface area contributed by atoms with E-state index in [0.29, 0.717) is 17.2 Å². The molecule has 2 aromatic rings. The topological polar surface area (TPSA) is 82.2 Å². The summed E-state index contributed by atoms with van der Waals surface area (Å²) in [6.45, 7) is 0. The van der Waals surface area contributed by atoms with Crippen molar-refractivity contribution in [3.8, 4) is 11.5 Å². The van der Waals surface area contributed by atoms with Crippen molar-refractivity contribution in [1.82, 2.24) is 9.78 Å². The number of nitrogens with zero attached hydrogens (tertiary/aromatic N) is 2. The number of anilines is 1. The Balaban J connectivity index is 1.88. The maximum Gasteiger partial charge on any atom is 0.245 e. The lowest BCUT2D eigenvalue weighted by atomic mass is 10.1. The smallest absolute Gasteiger partial charge is 0.245 e. The number of carbonyl (C=O) groups excluding carboxylic acids is 1. The fourth-order valence-corrected chi connectivity index (χ4v) is 1.92. The molecule has 18 heavy (non-hydrogen) atoms. The van der Waals surface area contributed by atoms with Gasteiger partial charge >= 0.3 is 0 Å². The Kier molecular flexibility index (Phi) is 2.31. The number of nitrogens with one attached hydrogen (secondary N) is 1. The van der Waals surface area contributed by atoms with Crippen molar-refractivity contribution >= 4 is 11.6 Å². The Hall–Kier alpha value is -2.34. The van der Waals surface area contributed by atoms with Crippen LogP contribution in [0, 0.1) is 0 Å². The molecule has 3 rings (SSSR count). The van der Waals surface area contributed by atoms with E-state index in [9.17, 15) is 4.79 Å². The molecule has 0 saturated heterocycles. The van der Waals surface area contributed by atoms with Gasteiger partial charge in [-0.3, -0.25) is 9.48 Å². The predicted octanol–water partition coefficient (Wildman–Crippen LogP) is 1.16. The number of amides is 1. The molecule has 3 N–H and O–H groups in total. The summed E-state index contributed by atoms with van der Waals surface area (Å²) < 4.78 is 7.27. The molecule has 0 bridgehead atoms. The second kappa shape index (κ2) is 3.85. The van der Waals surface area contributed by atoms with Gasteiger partial charge in [-0.15, -0.1) is 0 Å². The van der Waals surface area contributed by atoms with E-state index in [-0.39, 0.29) is 5.91 Å². The van der Waals surface area contributed by atoms with Crippen LogP contribution >= 0.6 is 0 Å². The Morgan fingerprint density at radius 2 is 2.28 bits per heavy atom. The standard InChI is InChI=1S/C12H12N4O2/c1-16-6-8(5-14-16)18-7-2-3-9-10(4-7)15-12(17)11(9)13/h2-6,11H,13H2,1H3,(H,15,17). The minimum atomic E-state index is -0.590. The van der Waals surface area contributed by atoms with Crippen molar-refractivity contribution in [2.45, 2.75) is 6.04 Å². The minimum absolute atomic E-state index is 0.191. The normalized spacial score (nSPS) is 17.4. The monoisotopic (exact) mass is 244 g/mol. The molecule has 1 atom stereocenters. The largest absolute Gasteiger partial charge is 0.454 e. The third-order valence-corrected chi connectivity index (χ3v) is 2.82. The van der Waals surface area contributed by atoms with E-state index in [1.54, 1.807) is 35.3 Å². The zero-order valence-electron chi connectivity index (χ0n) is 9.75. The van der Waals surface area contributed by atoms with Crippen LogP contribution in [0.1, 0.15) is 11.6 Å². The summed E-state index contributed by atoms with van der Waals surface area (Å²) in [5.74, 6) is 1.09. The number of fused-ring (bicyclic) bond motifs is 1. The molecule has 1 aromatic carbocycles. The van der Waals surface area contributed by atoms with E-state index >= 15 is 0 Å². The zero-order valence-corrected chi connectivity index (χ0v) is 9.75. The molecule has 0 radical (unpaired) electrons. The molecule has 0 spiro atoms. The lowest BCUT2D eigenvalue weighted by Gasteiger charge is -2.05. The van der Waals surface area contributed by atoms with E-state index in [0.717, 1.165) is 5.56 Å². The van der Waals surface area contributed by atoms with Gasteiger partial charge in [0.25, 0.3) is 0 Å². The number of rotatable bonds is 2. The number of benzene rings is 1. The van der Waals surface area contributed by atoms with Crippen molar-refractivity contribution < 1.29 is 9.53 Å². The van der Waals surface area contributed by atoms with Gasteiger partial charge in [-0.25, -0.2) is 0 Å². The Bertz CT molecular complexity index is 620. The first-order valence-corrected chi connectivity index (χ1v) is 5.50. The first-order valence-electron chi connectivity index (χ1n) is 5.50. The lowest BCUT2D eigenvalue weighted by Crippen LogP contribution is -2.19. The van der Waals surface area contributed by atoms with Crippen LogP contribution in [0.5, 0.6) is 11.5 Å². The van der Waals surface area contributed by atoms with Gasteiger partial charge in [0, 0.05) is 24.4 Å². The highest BCUT2D eigenvalue weighted by Gasteiger charge is 2.27. The second-order valence-corrected chi connectivity index (χ2v) is 4.17. The fraction of sp³-hybridized carbons (Fsp3) is 0.167. The fourth-order valence-electron chi connectivity index (χ4n) is 1.92. The van der Waals surface area contributed by atoms with Crippen LogP contribution in [-0.2, 0) is 11.8 Å². The molecule has 0 saturated carbocycles. The van der Waals surface area contributed by atoms with Gasteiger partial charge < -0.3 is 15.8 Å². The molecule has 1 aliphatic rings. The quantitative estimate of drug-likeness (QED) is 0.830. The Labute approximate surface area is 103 Å². The van der Waals surface area contributed by atoms with Crippen LogP contribution in [0.25, 0.3) is 0 Å². The highest BCUT2D eigenvalue weighted by Crippen LogP contribution is 2.33. The summed E-state index contributed by atoms with van der Waals surface area (Å²) in [6.07, 6.45) is 3.38. The van der Waals surface area contributed by atoms with Crippen LogP contribution in [0.2, 0.25) is 0 Å². The SMILES string of the molecule is Cn1cc(Oc2ccc3c(c2)NC(=O)C3N)cn1. The molecule has 1 unspecified atom stereocenters. The average molecular weight is 244 g/mol. The van der Waals surface area contributed by atoms with Crippen LogP contribution in [-0.4, -0.2) is 15.7 Å². The van der Waals surface area contributed by atoms with Crippen LogP contribution in [0.15, 0.2) is 30.6 Å². The summed E-state index contributed by atoms with van der Waals surface area (Å²) in [5.41, 5.74) is 7.22. The second-order valence-electron chi connectivity index (χ2n) is 4.17. The van der Waals surface area contributed by atoms with Crippen LogP contribution in [0.3, 0.4) is 0 Å². The molecule has 6 nitrogen and oxygen atoms in total. The Morgan fingerprint density at radius 1 is 1.44 bits per heavy atom. The lowest BCUT2D eigenvalue weighted by molar-refractivity contribution is -0.116. The van der Waals surface area contributed by atoms with E-state index in [2.05, 4.69) is 10.4 Å². The third kappa shape index (κ3) is 1.72. The van der Waals surface area contributed by atoms with Crippen molar-refractivity contribution in [2.24, 2.45) is 12.8 Å². The third-order valence-electron chi connectivity index (χ3n) is 2.82. The van der Waals surface area contributed by atoms with E-state index < -0.39 is 6.04 Å². The molecule has 2 heterocycles. The average Bonchev–Trinajstić information content (AvgIpc) is 2.85. The van der Waals surface area contributed by atoms with Gasteiger partial charge in [0.2, 0.25) is 5.91 Å².